The van der Waals surface area contributed by atoms with Crippen LogP contribution in [0.4, 0.5) is 0 Å². The molecule has 0 aliphatic rings. The summed E-state index contributed by atoms with van der Waals surface area (Å²) in [4.78, 5) is 8.80. The number of hydrogen-bond acceptors (Lipinski definition) is 3. The third-order valence-electron chi connectivity index (χ3n) is 4.28. The van der Waals surface area contributed by atoms with Crippen LogP contribution in [0.1, 0.15) is 16.7 Å². The molecule has 2 heterocycles. The maximum Gasteiger partial charge on any atom is 0.141 e. The second-order valence-electron chi connectivity index (χ2n) is 5.76. The van der Waals surface area contributed by atoms with Crippen molar-refractivity contribution in [2.24, 2.45) is 0 Å². The van der Waals surface area contributed by atoms with Gasteiger partial charge in [0.15, 0.2) is 0 Å². The van der Waals surface area contributed by atoms with Gasteiger partial charge >= 0.3 is 0 Å². The van der Waals surface area contributed by atoms with Crippen molar-refractivity contribution in [1.29, 1.82) is 0 Å². The molecule has 4 aromatic rings. The van der Waals surface area contributed by atoms with E-state index in [4.69, 9.17) is 0 Å². The lowest BCUT2D eigenvalue weighted by Crippen LogP contribution is -1.94. The van der Waals surface area contributed by atoms with E-state index in [2.05, 4.69) is 35.1 Å². The van der Waals surface area contributed by atoms with Gasteiger partial charge in [0.2, 0.25) is 0 Å². The van der Waals surface area contributed by atoms with Gasteiger partial charge in [-0.15, -0.1) is 0 Å². The van der Waals surface area contributed by atoms with Crippen LogP contribution in [0.25, 0.3) is 21.8 Å². The number of benzene rings is 2. The van der Waals surface area contributed by atoms with E-state index in [1.165, 1.54) is 16.5 Å². The SMILES string of the molecule is Cc1ccc(Cc2ccc(O)c3ncccc23)c2cccnc12. The number of aryl methyl sites for hydroxylation is 1. The number of phenolic OH excluding ortho intramolecular Hbond substituents is 1. The molecule has 0 fully saturated rings. The lowest BCUT2D eigenvalue weighted by atomic mass is 9.96. The molecule has 0 saturated heterocycles. The Bertz CT molecular complexity index is 941. The third-order valence-corrected chi connectivity index (χ3v) is 4.28. The van der Waals surface area contributed by atoms with Crippen LogP contribution in [-0.4, -0.2) is 15.1 Å². The number of phenols is 1. The van der Waals surface area contributed by atoms with Crippen molar-refractivity contribution in [2.45, 2.75) is 13.3 Å². The summed E-state index contributed by atoms with van der Waals surface area (Å²) in [5.74, 6) is 0.222. The molecule has 112 valence electrons. The highest BCUT2D eigenvalue weighted by molar-refractivity contribution is 5.89. The zero-order valence-electron chi connectivity index (χ0n) is 12.8. The van der Waals surface area contributed by atoms with Crippen LogP contribution < -0.4 is 0 Å². The van der Waals surface area contributed by atoms with Gasteiger partial charge in [-0.25, -0.2) is 0 Å². The molecule has 0 radical (unpaired) electrons. The Balaban J connectivity index is 1.89. The zero-order chi connectivity index (χ0) is 15.8. The standard InChI is InChI=1S/C20H16N2O/c1-13-6-7-14(16-4-2-10-21-19(13)16)12-15-8-9-18(23)20-17(15)5-3-11-22-20/h2-11,23H,12H2,1H3. The molecule has 3 heteroatoms. The molecule has 23 heavy (non-hydrogen) atoms. The van der Waals surface area contributed by atoms with Crippen molar-refractivity contribution in [3.63, 3.8) is 0 Å². The highest BCUT2D eigenvalue weighted by Gasteiger charge is 2.10. The van der Waals surface area contributed by atoms with Gasteiger partial charge in [0, 0.05) is 23.2 Å². The summed E-state index contributed by atoms with van der Waals surface area (Å²) >= 11 is 0. The van der Waals surface area contributed by atoms with Crippen LogP contribution in [0.3, 0.4) is 0 Å². The first-order valence-corrected chi connectivity index (χ1v) is 7.63. The number of aromatic hydroxyl groups is 1. The van der Waals surface area contributed by atoms with Crippen LogP contribution in [0, 0.1) is 6.92 Å². The molecule has 2 aromatic heterocycles. The lowest BCUT2D eigenvalue weighted by molar-refractivity contribution is 0.480. The van der Waals surface area contributed by atoms with Crippen LogP contribution in [-0.2, 0) is 6.42 Å². The van der Waals surface area contributed by atoms with E-state index < -0.39 is 0 Å². The summed E-state index contributed by atoms with van der Waals surface area (Å²) in [5, 5.41) is 12.2. The van der Waals surface area contributed by atoms with Gasteiger partial charge in [-0.2, -0.15) is 0 Å². The number of pyridine rings is 2. The minimum absolute atomic E-state index is 0.222. The fourth-order valence-electron chi connectivity index (χ4n) is 3.10. The second kappa shape index (κ2) is 5.36. The van der Waals surface area contributed by atoms with Crippen LogP contribution in [0.5, 0.6) is 5.75 Å². The number of fused-ring (bicyclic) bond motifs is 2. The summed E-state index contributed by atoms with van der Waals surface area (Å²) in [6.45, 7) is 2.08. The quantitative estimate of drug-likeness (QED) is 0.597. The first kappa shape index (κ1) is 13.7. The Morgan fingerprint density at radius 1 is 0.783 bits per heavy atom. The number of aromatic nitrogens is 2. The van der Waals surface area contributed by atoms with Gasteiger partial charge in [0.1, 0.15) is 11.3 Å². The first-order valence-electron chi connectivity index (χ1n) is 7.63. The van der Waals surface area contributed by atoms with Gasteiger partial charge in [0.05, 0.1) is 5.52 Å². The first-order chi connectivity index (χ1) is 11.2. The lowest BCUT2D eigenvalue weighted by Gasteiger charge is -2.11. The molecule has 2 aromatic carbocycles. The molecular weight excluding hydrogens is 284 g/mol. The summed E-state index contributed by atoms with van der Waals surface area (Å²) < 4.78 is 0. The van der Waals surface area contributed by atoms with Gasteiger partial charge < -0.3 is 5.11 Å². The maximum atomic E-state index is 10.00. The van der Waals surface area contributed by atoms with Gasteiger partial charge in [0.25, 0.3) is 0 Å². The van der Waals surface area contributed by atoms with E-state index in [1.54, 1.807) is 12.3 Å². The van der Waals surface area contributed by atoms with Crippen molar-refractivity contribution in [3.05, 3.63) is 77.6 Å². The molecule has 0 amide bonds. The maximum absolute atomic E-state index is 10.00. The molecule has 0 bridgehead atoms. The average Bonchev–Trinajstić information content (AvgIpc) is 2.60. The van der Waals surface area contributed by atoms with Crippen LogP contribution >= 0.6 is 0 Å². The van der Waals surface area contributed by atoms with Crippen LogP contribution in [0.2, 0.25) is 0 Å². The van der Waals surface area contributed by atoms with Crippen molar-refractivity contribution >= 4 is 21.8 Å². The fourth-order valence-corrected chi connectivity index (χ4v) is 3.10. The molecule has 0 atom stereocenters. The summed E-state index contributed by atoms with van der Waals surface area (Å²) in [7, 11) is 0. The predicted molar refractivity (Wildman–Crippen MR) is 92.7 cm³/mol. The fraction of sp³-hybridized carbons (Fsp3) is 0.100. The Morgan fingerprint density at radius 3 is 2.13 bits per heavy atom. The molecule has 1 N–H and O–H groups in total. The van der Waals surface area contributed by atoms with Crippen LogP contribution in [0.15, 0.2) is 60.9 Å². The van der Waals surface area contributed by atoms with Crippen molar-refractivity contribution in [3.8, 4) is 5.75 Å². The second-order valence-corrected chi connectivity index (χ2v) is 5.76. The van der Waals surface area contributed by atoms with Crippen molar-refractivity contribution < 1.29 is 5.11 Å². The Morgan fingerprint density at radius 2 is 1.39 bits per heavy atom. The average molecular weight is 300 g/mol. The topological polar surface area (TPSA) is 46.0 Å². The minimum atomic E-state index is 0.222. The molecule has 4 rings (SSSR count). The Kier molecular flexibility index (Phi) is 3.19. The minimum Gasteiger partial charge on any atom is -0.506 e. The molecule has 0 spiro atoms. The number of rotatable bonds is 2. The Hall–Kier alpha value is -2.94. The van der Waals surface area contributed by atoms with E-state index in [9.17, 15) is 5.11 Å². The molecule has 0 aliphatic carbocycles. The Labute approximate surface area is 134 Å². The predicted octanol–water partition coefficient (Wildman–Crippen LogP) is 4.39. The summed E-state index contributed by atoms with van der Waals surface area (Å²) in [6.07, 6.45) is 4.32. The van der Waals surface area contributed by atoms with Gasteiger partial charge in [-0.3, -0.25) is 9.97 Å². The van der Waals surface area contributed by atoms with E-state index >= 15 is 0 Å². The normalized spacial score (nSPS) is 11.2. The van der Waals surface area contributed by atoms with Gasteiger partial charge in [-0.05, 0) is 48.2 Å². The monoisotopic (exact) mass is 300 g/mol. The molecule has 0 saturated carbocycles. The van der Waals surface area contributed by atoms with E-state index in [-0.39, 0.29) is 5.75 Å². The van der Waals surface area contributed by atoms with E-state index in [0.29, 0.717) is 5.52 Å². The largest absolute Gasteiger partial charge is 0.506 e. The molecule has 0 aliphatic heterocycles. The number of hydrogen-bond donors (Lipinski definition) is 1. The van der Waals surface area contributed by atoms with Crippen molar-refractivity contribution in [1.82, 2.24) is 9.97 Å². The summed E-state index contributed by atoms with van der Waals surface area (Å²) in [5.41, 5.74) is 5.27. The smallest absolute Gasteiger partial charge is 0.141 e. The van der Waals surface area contributed by atoms with E-state index in [1.807, 2.05) is 30.5 Å². The highest BCUT2D eigenvalue weighted by Crippen LogP contribution is 2.29. The molecule has 3 nitrogen and oxygen atoms in total. The van der Waals surface area contributed by atoms with Crippen molar-refractivity contribution in [2.75, 3.05) is 0 Å². The number of nitrogens with zero attached hydrogens (tertiary/aromatic N) is 2. The zero-order valence-corrected chi connectivity index (χ0v) is 12.8. The highest BCUT2D eigenvalue weighted by atomic mass is 16.3. The van der Waals surface area contributed by atoms with Gasteiger partial charge in [-0.1, -0.05) is 30.3 Å². The van der Waals surface area contributed by atoms with E-state index in [0.717, 1.165) is 22.9 Å². The molecule has 0 unspecified atom stereocenters. The third kappa shape index (κ3) is 2.30. The molecular formula is C20H16N2O. The summed E-state index contributed by atoms with van der Waals surface area (Å²) in [6, 6.07) is 16.0.